The van der Waals surface area contributed by atoms with Crippen molar-refractivity contribution in [1.82, 2.24) is 5.34 Å². The van der Waals surface area contributed by atoms with Crippen molar-refractivity contribution in [3.63, 3.8) is 0 Å². The van der Waals surface area contributed by atoms with E-state index in [0.29, 0.717) is 6.42 Å². The molecule has 0 fully saturated rings. The van der Waals surface area contributed by atoms with Crippen LogP contribution < -0.4 is 0 Å². The summed E-state index contributed by atoms with van der Waals surface area (Å²) in [5.41, 5.74) is 0. The van der Waals surface area contributed by atoms with E-state index in [4.69, 9.17) is 0 Å². The second-order valence-electron chi connectivity index (χ2n) is 2.19. The highest BCUT2D eigenvalue weighted by Crippen LogP contribution is 2.05. The Labute approximate surface area is 63.5 Å². The fourth-order valence-corrected chi connectivity index (χ4v) is 0.688. The third-order valence-corrected chi connectivity index (χ3v) is 1.30. The molecule has 0 aromatic rings. The molecular formula is C6H11F3N2. The summed E-state index contributed by atoms with van der Waals surface area (Å²) in [6.07, 6.45) is 2.27. The highest BCUT2D eigenvalue weighted by Gasteiger charge is 2.08. The van der Waals surface area contributed by atoms with E-state index in [2.05, 4.69) is 0 Å². The average Bonchev–Trinajstić information content (AvgIpc) is 1.97. The smallest absolute Gasteiger partial charge is 0.0735 e. The number of hydrogen-bond donors (Lipinski definition) is 0. The summed E-state index contributed by atoms with van der Waals surface area (Å²) in [6, 6.07) is 0. The Kier molecular flexibility index (Phi) is 5.60. The predicted molar refractivity (Wildman–Crippen MR) is 36.7 cm³/mol. The van der Waals surface area contributed by atoms with Gasteiger partial charge in [-0.15, -0.1) is 0 Å². The molecule has 0 aliphatic rings. The zero-order chi connectivity index (χ0) is 8.69. The Morgan fingerprint density at radius 2 is 2.00 bits per heavy atom. The standard InChI is InChI=1S/C6H11F3N2/c1-2-3-4-5-6(10-7)11(8)9/h2-5H2,1H3/b10-6-. The van der Waals surface area contributed by atoms with E-state index < -0.39 is 11.2 Å². The van der Waals surface area contributed by atoms with Crippen LogP contribution >= 0.6 is 0 Å². The molecule has 0 spiro atoms. The van der Waals surface area contributed by atoms with Crippen LogP contribution in [0.5, 0.6) is 0 Å². The molecule has 2 nitrogen and oxygen atoms in total. The van der Waals surface area contributed by atoms with Crippen molar-refractivity contribution in [2.45, 2.75) is 32.6 Å². The number of nitrogens with zero attached hydrogens (tertiary/aromatic N) is 2. The number of amidine groups is 1. The minimum atomic E-state index is -1.28. The maximum Gasteiger partial charge on any atom is 0.202 e. The zero-order valence-corrected chi connectivity index (χ0v) is 6.36. The van der Waals surface area contributed by atoms with Crippen LogP contribution in [0.15, 0.2) is 5.21 Å². The Morgan fingerprint density at radius 3 is 2.36 bits per heavy atom. The van der Waals surface area contributed by atoms with E-state index >= 15 is 0 Å². The van der Waals surface area contributed by atoms with Gasteiger partial charge in [-0.05, 0) is 11.8 Å². The summed E-state index contributed by atoms with van der Waals surface area (Å²) in [4.78, 5) is 0. The first-order valence-electron chi connectivity index (χ1n) is 3.51. The molecule has 0 bridgehead atoms. The van der Waals surface area contributed by atoms with E-state index in [1.165, 1.54) is 0 Å². The summed E-state index contributed by atoms with van der Waals surface area (Å²) in [7, 11) is 0. The Bertz CT molecular complexity index is 125. The molecule has 0 saturated heterocycles. The van der Waals surface area contributed by atoms with E-state index in [0.717, 1.165) is 12.8 Å². The topological polar surface area (TPSA) is 15.6 Å². The van der Waals surface area contributed by atoms with Gasteiger partial charge < -0.3 is 0 Å². The molecule has 0 amide bonds. The van der Waals surface area contributed by atoms with Gasteiger partial charge in [0.05, 0.1) is 0 Å². The minimum absolute atomic E-state index is 0.00264. The van der Waals surface area contributed by atoms with Crippen LogP contribution in [0, 0.1) is 0 Å². The number of hydrogen-bond acceptors (Lipinski definition) is 1. The van der Waals surface area contributed by atoms with Gasteiger partial charge >= 0.3 is 0 Å². The molecule has 0 unspecified atom stereocenters. The highest BCUT2D eigenvalue weighted by molar-refractivity contribution is 5.79. The molecule has 0 atom stereocenters. The average molecular weight is 168 g/mol. The van der Waals surface area contributed by atoms with E-state index in [-0.39, 0.29) is 6.42 Å². The van der Waals surface area contributed by atoms with E-state index in [1.807, 2.05) is 12.1 Å². The summed E-state index contributed by atoms with van der Waals surface area (Å²) in [5, 5.41) is 0.670. The third-order valence-electron chi connectivity index (χ3n) is 1.30. The van der Waals surface area contributed by atoms with Gasteiger partial charge in [0.25, 0.3) is 0 Å². The van der Waals surface area contributed by atoms with Crippen LogP contribution in [0.1, 0.15) is 32.6 Å². The maximum atomic E-state index is 11.6. The van der Waals surface area contributed by atoms with Gasteiger partial charge in [0.15, 0.2) is 0 Å². The molecule has 0 radical (unpaired) electrons. The van der Waals surface area contributed by atoms with Crippen molar-refractivity contribution in [2.75, 3.05) is 0 Å². The zero-order valence-electron chi connectivity index (χ0n) is 6.36. The number of halogens is 3. The van der Waals surface area contributed by atoms with Crippen molar-refractivity contribution in [1.29, 1.82) is 0 Å². The van der Waals surface area contributed by atoms with Crippen LogP contribution in [0.25, 0.3) is 0 Å². The Morgan fingerprint density at radius 1 is 1.36 bits per heavy atom. The second-order valence-corrected chi connectivity index (χ2v) is 2.19. The van der Waals surface area contributed by atoms with Crippen LogP contribution in [0.3, 0.4) is 0 Å². The first-order valence-corrected chi connectivity index (χ1v) is 3.51. The molecule has 66 valence electrons. The van der Waals surface area contributed by atoms with Gasteiger partial charge in [-0.25, -0.2) is 0 Å². The summed E-state index contributed by atoms with van der Waals surface area (Å²) in [5.74, 6) is -0.793. The van der Waals surface area contributed by atoms with Gasteiger partial charge in [0.1, 0.15) is 0 Å². The van der Waals surface area contributed by atoms with Gasteiger partial charge in [-0.1, -0.05) is 38.4 Å². The summed E-state index contributed by atoms with van der Waals surface area (Å²) in [6.45, 7) is 1.94. The minimum Gasteiger partial charge on any atom is -0.0735 e. The Hall–Kier alpha value is -0.740. The third kappa shape index (κ3) is 4.64. The van der Waals surface area contributed by atoms with Gasteiger partial charge in [-0.3, -0.25) is 0 Å². The molecule has 0 rings (SSSR count). The predicted octanol–water partition coefficient (Wildman–Crippen LogP) is 2.92. The largest absolute Gasteiger partial charge is 0.202 e. The first-order chi connectivity index (χ1) is 5.22. The molecule has 0 heterocycles. The lowest BCUT2D eigenvalue weighted by Gasteiger charge is -2.02. The molecular weight excluding hydrogens is 157 g/mol. The normalized spacial score (nSPS) is 11.8. The van der Waals surface area contributed by atoms with Gasteiger partial charge in [0, 0.05) is 6.42 Å². The number of unbranched alkanes of at least 4 members (excludes halogenated alkanes) is 2. The van der Waals surface area contributed by atoms with Crippen molar-refractivity contribution >= 4 is 5.84 Å². The fraction of sp³-hybridized carbons (Fsp3) is 0.833. The van der Waals surface area contributed by atoms with E-state index in [1.54, 1.807) is 0 Å². The number of rotatable bonds is 4. The van der Waals surface area contributed by atoms with Crippen molar-refractivity contribution in [2.24, 2.45) is 5.21 Å². The molecule has 0 saturated carbocycles. The monoisotopic (exact) mass is 168 g/mol. The maximum absolute atomic E-state index is 11.6. The quantitative estimate of drug-likeness (QED) is 0.273. The molecule has 0 N–H and O–H groups in total. The lowest BCUT2D eigenvalue weighted by molar-refractivity contribution is -0.0777. The summed E-state index contributed by atoms with van der Waals surface area (Å²) < 4.78 is 34.6. The van der Waals surface area contributed by atoms with Crippen LogP contribution in [-0.4, -0.2) is 11.2 Å². The second kappa shape index (κ2) is 6.00. The van der Waals surface area contributed by atoms with Crippen molar-refractivity contribution in [3.8, 4) is 0 Å². The van der Waals surface area contributed by atoms with Gasteiger partial charge in [0.2, 0.25) is 5.84 Å². The Balaban J connectivity index is 3.54. The van der Waals surface area contributed by atoms with E-state index in [9.17, 15) is 13.4 Å². The van der Waals surface area contributed by atoms with Crippen LogP contribution in [0.4, 0.5) is 13.4 Å². The molecule has 5 heteroatoms. The first kappa shape index (κ1) is 10.3. The fourth-order valence-electron chi connectivity index (χ4n) is 0.688. The van der Waals surface area contributed by atoms with Crippen LogP contribution in [-0.2, 0) is 0 Å². The van der Waals surface area contributed by atoms with Crippen molar-refractivity contribution < 1.29 is 13.4 Å². The van der Waals surface area contributed by atoms with Crippen LogP contribution in [0.2, 0.25) is 0 Å². The molecule has 0 aliphatic carbocycles. The molecule has 11 heavy (non-hydrogen) atoms. The molecule has 0 aromatic heterocycles. The molecule has 0 aromatic carbocycles. The lowest BCUT2D eigenvalue weighted by Crippen LogP contribution is -2.12. The highest BCUT2D eigenvalue weighted by atomic mass is 19.4. The van der Waals surface area contributed by atoms with Gasteiger partial charge in [-0.2, -0.15) is 0 Å². The summed E-state index contributed by atoms with van der Waals surface area (Å²) >= 11 is 0. The lowest BCUT2D eigenvalue weighted by atomic mass is 10.2. The van der Waals surface area contributed by atoms with Crippen molar-refractivity contribution in [3.05, 3.63) is 0 Å². The molecule has 0 aliphatic heterocycles. The SMILES string of the molecule is CCCCC/C(=N/F)N(F)F.